The lowest BCUT2D eigenvalue weighted by atomic mass is 10.1. The molecule has 0 unspecified atom stereocenters. The fourth-order valence-electron chi connectivity index (χ4n) is 3.20. The molecule has 0 bridgehead atoms. The Balaban J connectivity index is 1.35. The monoisotopic (exact) mass is 405 g/mol. The van der Waals surface area contributed by atoms with Gasteiger partial charge in [-0.05, 0) is 36.8 Å². The average Bonchev–Trinajstić information content (AvgIpc) is 3.22. The van der Waals surface area contributed by atoms with E-state index in [-0.39, 0.29) is 5.91 Å². The second-order valence-electron chi connectivity index (χ2n) is 6.92. The molecule has 1 aliphatic heterocycles. The molecule has 29 heavy (non-hydrogen) atoms. The van der Waals surface area contributed by atoms with Crippen LogP contribution >= 0.6 is 11.3 Å². The molecule has 1 amide bonds. The van der Waals surface area contributed by atoms with E-state index in [1.165, 1.54) is 28.7 Å². The molecule has 1 N–H and O–H groups in total. The van der Waals surface area contributed by atoms with Gasteiger partial charge in [-0.1, -0.05) is 35.9 Å². The summed E-state index contributed by atoms with van der Waals surface area (Å²) < 4.78 is 5.39. The van der Waals surface area contributed by atoms with Crippen molar-refractivity contribution in [1.29, 1.82) is 0 Å². The van der Waals surface area contributed by atoms with Crippen molar-refractivity contribution in [2.24, 2.45) is 0 Å². The van der Waals surface area contributed by atoms with Crippen LogP contribution in [0.2, 0.25) is 0 Å². The van der Waals surface area contributed by atoms with Gasteiger partial charge in [-0.2, -0.15) is 0 Å². The fourth-order valence-corrected chi connectivity index (χ4v) is 3.93. The van der Waals surface area contributed by atoms with Crippen LogP contribution in [0.25, 0.3) is 17.3 Å². The van der Waals surface area contributed by atoms with E-state index in [2.05, 4.69) is 46.4 Å². The number of carbonyl (C=O) groups excluding carboxylic acids is 1. The minimum Gasteiger partial charge on any atom is -0.378 e. The first-order valence-electron chi connectivity index (χ1n) is 9.62. The van der Waals surface area contributed by atoms with Gasteiger partial charge in [-0.25, -0.2) is 4.98 Å². The number of aryl methyl sites for hydroxylation is 1. The third-order valence-electron chi connectivity index (χ3n) is 4.74. The summed E-state index contributed by atoms with van der Waals surface area (Å²) in [5.74, 6) is -0.188. The number of thiazole rings is 1. The highest BCUT2D eigenvalue weighted by Crippen LogP contribution is 2.25. The summed E-state index contributed by atoms with van der Waals surface area (Å²) in [6.45, 7) is 5.41. The molecule has 1 saturated heterocycles. The van der Waals surface area contributed by atoms with Gasteiger partial charge in [0.2, 0.25) is 5.91 Å². The third kappa shape index (κ3) is 5.10. The molecule has 0 aliphatic carbocycles. The SMILES string of the molecule is Cc1cccc(-c2csc(NC(=O)/C=C/c3ccc(N4CCOCC4)cc3)n2)c1. The summed E-state index contributed by atoms with van der Waals surface area (Å²) in [5.41, 5.74) is 5.27. The molecule has 148 valence electrons. The van der Waals surface area contributed by atoms with Crippen LogP contribution in [0.5, 0.6) is 0 Å². The molecule has 3 aromatic rings. The lowest BCUT2D eigenvalue weighted by molar-refractivity contribution is -0.111. The Kier molecular flexibility index (Phi) is 6.03. The maximum Gasteiger partial charge on any atom is 0.250 e. The molecular weight excluding hydrogens is 382 g/mol. The van der Waals surface area contributed by atoms with Gasteiger partial charge in [0.05, 0.1) is 18.9 Å². The van der Waals surface area contributed by atoms with Crippen molar-refractivity contribution < 1.29 is 9.53 Å². The maximum absolute atomic E-state index is 12.2. The summed E-state index contributed by atoms with van der Waals surface area (Å²) in [6, 6.07) is 16.4. The number of ether oxygens (including phenoxy) is 1. The van der Waals surface area contributed by atoms with Gasteiger partial charge in [-0.3, -0.25) is 10.1 Å². The van der Waals surface area contributed by atoms with Crippen LogP contribution < -0.4 is 10.2 Å². The number of nitrogens with zero attached hydrogens (tertiary/aromatic N) is 2. The number of amides is 1. The summed E-state index contributed by atoms with van der Waals surface area (Å²) in [5, 5.41) is 5.39. The molecule has 2 heterocycles. The lowest BCUT2D eigenvalue weighted by Crippen LogP contribution is -2.36. The molecule has 0 spiro atoms. The number of nitrogens with one attached hydrogen (secondary N) is 1. The number of carbonyl (C=O) groups is 1. The van der Waals surface area contributed by atoms with E-state index in [1.807, 2.05) is 35.7 Å². The Morgan fingerprint density at radius 2 is 1.97 bits per heavy atom. The minimum absolute atomic E-state index is 0.188. The van der Waals surface area contributed by atoms with Gasteiger partial charge in [0.15, 0.2) is 5.13 Å². The van der Waals surface area contributed by atoms with Crippen molar-refractivity contribution >= 4 is 34.1 Å². The van der Waals surface area contributed by atoms with E-state index >= 15 is 0 Å². The first kappa shape index (κ1) is 19.4. The second kappa shape index (κ2) is 9.03. The molecular formula is C23H23N3O2S. The minimum atomic E-state index is -0.188. The Morgan fingerprint density at radius 3 is 2.72 bits per heavy atom. The predicted molar refractivity (Wildman–Crippen MR) is 119 cm³/mol. The number of morpholine rings is 1. The number of rotatable bonds is 5. The first-order valence-corrected chi connectivity index (χ1v) is 10.5. The van der Waals surface area contributed by atoms with E-state index in [0.29, 0.717) is 5.13 Å². The van der Waals surface area contributed by atoms with Crippen molar-refractivity contribution in [2.75, 3.05) is 36.5 Å². The van der Waals surface area contributed by atoms with Gasteiger partial charge in [0.1, 0.15) is 0 Å². The Morgan fingerprint density at radius 1 is 1.17 bits per heavy atom. The van der Waals surface area contributed by atoms with E-state index < -0.39 is 0 Å². The Hall–Kier alpha value is -2.96. The van der Waals surface area contributed by atoms with Crippen molar-refractivity contribution in [1.82, 2.24) is 4.98 Å². The largest absolute Gasteiger partial charge is 0.378 e. The summed E-state index contributed by atoms with van der Waals surface area (Å²) in [7, 11) is 0. The smallest absolute Gasteiger partial charge is 0.250 e. The summed E-state index contributed by atoms with van der Waals surface area (Å²) in [4.78, 5) is 19.1. The van der Waals surface area contributed by atoms with Crippen molar-refractivity contribution in [3.8, 4) is 11.3 Å². The molecule has 0 saturated carbocycles. The number of hydrogen-bond acceptors (Lipinski definition) is 5. The second-order valence-corrected chi connectivity index (χ2v) is 7.78. The van der Waals surface area contributed by atoms with Crippen LogP contribution in [0.15, 0.2) is 60.0 Å². The van der Waals surface area contributed by atoms with Gasteiger partial charge < -0.3 is 9.64 Å². The molecule has 1 aliphatic rings. The van der Waals surface area contributed by atoms with Gasteiger partial charge >= 0.3 is 0 Å². The summed E-state index contributed by atoms with van der Waals surface area (Å²) >= 11 is 1.43. The molecule has 5 nitrogen and oxygen atoms in total. The van der Waals surface area contributed by atoms with E-state index in [1.54, 1.807) is 0 Å². The van der Waals surface area contributed by atoms with Gasteiger partial charge in [-0.15, -0.1) is 11.3 Å². The lowest BCUT2D eigenvalue weighted by Gasteiger charge is -2.28. The molecule has 0 radical (unpaired) electrons. The average molecular weight is 406 g/mol. The predicted octanol–water partition coefficient (Wildman–Crippen LogP) is 4.61. The van der Waals surface area contributed by atoms with Crippen molar-refractivity contribution in [2.45, 2.75) is 6.92 Å². The summed E-state index contributed by atoms with van der Waals surface area (Å²) in [6.07, 6.45) is 3.35. The molecule has 0 atom stereocenters. The molecule has 6 heteroatoms. The quantitative estimate of drug-likeness (QED) is 0.630. The first-order chi connectivity index (χ1) is 14.2. The van der Waals surface area contributed by atoms with E-state index in [0.717, 1.165) is 43.1 Å². The van der Waals surface area contributed by atoms with Crippen LogP contribution in [0.4, 0.5) is 10.8 Å². The van der Waals surface area contributed by atoms with Crippen LogP contribution in [0.1, 0.15) is 11.1 Å². The normalized spacial score (nSPS) is 14.3. The van der Waals surface area contributed by atoms with Crippen molar-refractivity contribution in [3.05, 3.63) is 71.1 Å². The van der Waals surface area contributed by atoms with E-state index in [9.17, 15) is 4.79 Å². The van der Waals surface area contributed by atoms with Gasteiger partial charge in [0, 0.05) is 35.8 Å². The van der Waals surface area contributed by atoms with Crippen LogP contribution in [0, 0.1) is 6.92 Å². The maximum atomic E-state index is 12.2. The highest BCUT2D eigenvalue weighted by Gasteiger charge is 2.10. The zero-order valence-electron chi connectivity index (χ0n) is 16.3. The zero-order valence-corrected chi connectivity index (χ0v) is 17.1. The van der Waals surface area contributed by atoms with Crippen LogP contribution in [-0.2, 0) is 9.53 Å². The fraction of sp³-hybridized carbons (Fsp3) is 0.217. The number of hydrogen-bond donors (Lipinski definition) is 1. The Labute approximate surface area is 174 Å². The Bertz CT molecular complexity index is 1000. The molecule has 4 rings (SSSR count). The molecule has 2 aromatic carbocycles. The number of aromatic nitrogens is 1. The standard InChI is InChI=1S/C23H23N3O2S/c1-17-3-2-4-19(15-17)21-16-29-23(24-21)25-22(27)10-7-18-5-8-20(9-6-18)26-11-13-28-14-12-26/h2-10,15-16H,11-14H2,1H3,(H,24,25,27)/b10-7+. The van der Waals surface area contributed by atoms with Crippen LogP contribution in [-0.4, -0.2) is 37.2 Å². The van der Waals surface area contributed by atoms with Gasteiger partial charge in [0.25, 0.3) is 0 Å². The van der Waals surface area contributed by atoms with Crippen molar-refractivity contribution in [3.63, 3.8) is 0 Å². The zero-order chi connectivity index (χ0) is 20.1. The highest BCUT2D eigenvalue weighted by molar-refractivity contribution is 7.14. The molecule has 1 aromatic heterocycles. The topological polar surface area (TPSA) is 54.5 Å². The third-order valence-corrected chi connectivity index (χ3v) is 5.50. The van der Waals surface area contributed by atoms with Crippen LogP contribution in [0.3, 0.4) is 0 Å². The highest BCUT2D eigenvalue weighted by atomic mass is 32.1. The number of benzene rings is 2. The molecule has 1 fully saturated rings. The number of anilines is 2. The van der Waals surface area contributed by atoms with E-state index in [4.69, 9.17) is 4.74 Å².